The van der Waals surface area contributed by atoms with Gasteiger partial charge in [-0.1, -0.05) is 18.5 Å². The number of ether oxygens (including phenoxy) is 2. The summed E-state index contributed by atoms with van der Waals surface area (Å²) < 4.78 is 22.7. The van der Waals surface area contributed by atoms with E-state index in [9.17, 15) is 0 Å². The van der Waals surface area contributed by atoms with Crippen LogP contribution in [-0.2, 0) is 6.42 Å². The number of aryl methyl sites for hydroxylation is 1. The molecular formula is C22H14ClN5O4. The number of aromatic nitrogens is 5. The molecule has 6 heterocycles. The van der Waals surface area contributed by atoms with Gasteiger partial charge in [-0.2, -0.15) is 9.97 Å². The van der Waals surface area contributed by atoms with Crippen molar-refractivity contribution in [3.8, 4) is 23.4 Å². The number of H-pyrrole nitrogens is 1. The van der Waals surface area contributed by atoms with Crippen LogP contribution in [-0.4, -0.2) is 24.9 Å². The van der Waals surface area contributed by atoms with Gasteiger partial charge in [-0.3, -0.25) is 0 Å². The molecular weight excluding hydrogens is 434 g/mol. The molecule has 32 heavy (non-hydrogen) atoms. The lowest BCUT2D eigenvalue weighted by molar-refractivity contribution is 0.415. The predicted octanol–water partition coefficient (Wildman–Crippen LogP) is 6.04. The van der Waals surface area contributed by atoms with Crippen molar-refractivity contribution >= 4 is 44.8 Å². The van der Waals surface area contributed by atoms with Crippen molar-refractivity contribution in [2.45, 2.75) is 13.3 Å². The number of nitrogens with one attached hydrogen (secondary N) is 1. The normalized spacial score (nSPS) is 11.6. The highest BCUT2D eigenvalue weighted by Gasteiger charge is 2.20. The monoisotopic (exact) mass is 447 g/mol. The standard InChI is InChI=1S/C22H14ClN5O4/c1-2-13-19(23)18-20(26-13)27-22(32-12-8-17-15(25-10-12)4-6-30-17)28-21(18)31-11-7-16-14(24-9-11)3-5-29-16/h3-10H,2H2,1H3,(H,26,27,28). The Morgan fingerprint density at radius 1 is 0.938 bits per heavy atom. The van der Waals surface area contributed by atoms with Crippen LogP contribution in [0.1, 0.15) is 12.6 Å². The Kier molecular flexibility index (Phi) is 4.22. The lowest BCUT2D eigenvalue weighted by atomic mass is 10.3. The summed E-state index contributed by atoms with van der Waals surface area (Å²) in [7, 11) is 0. The first-order valence-electron chi connectivity index (χ1n) is 9.78. The molecule has 10 heteroatoms. The summed E-state index contributed by atoms with van der Waals surface area (Å²) in [6.45, 7) is 1.99. The van der Waals surface area contributed by atoms with E-state index < -0.39 is 0 Å². The molecule has 0 radical (unpaired) electrons. The molecule has 158 valence electrons. The molecule has 1 N–H and O–H groups in total. The highest BCUT2D eigenvalue weighted by atomic mass is 35.5. The molecule has 0 bridgehead atoms. The number of fused-ring (bicyclic) bond motifs is 3. The van der Waals surface area contributed by atoms with Crippen molar-refractivity contribution in [1.29, 1.82) is 0 Å². The zero-order chi connectivity index (χ0) is 21.7. The van der Waals surface area contributed by atoms with Crippen molar-refractivity contribution in [3.63, 3.8) is 0 Å². The van der Waals surface area contributed by atoms with Crippen molar-refractivity contribution in [2.24, 2.45) is 0 Å². The molecule has 0 spiro atoms. The third kappa shape index (κ3) is 3.10. The molecule has 9 nitrogen and oxygen atoms in total. The molecule has 0 aliphatic carbocycles. The molecule has 6 aromatic heterocycles. The first kappa shape index (κ1) is 18.6. The fraction of sp³-hybridized carbons (Fsp3) is 0.0909. The van der Waals surface area contributed by atoms with Crippen LogP contribution in [0.25, 0.3) is 33.2 Å². The minimum atomic E-state index is 0.0628. The minimum Gasteiger partial charge on any atom is -0.463 e. The van der Waals surface area contributed by atoms with Crippen molar-refractivity contribution in [1.82, 2.24) is 24.9 Å². The van der Waals surface area contributed by atoms with E-state index in [0.29, 0.717) is 45.1 Å². The molecule has 0 unspecified atom stereocenters. The van der Waals surface area contributed by atoms with Gasteiger partial charge < -0.3 is 23.3 Å². The predicted molar refractivity (Wildman–Crippen MR) is 116 cm³/mol. The fourth-order valence-corrected chi connectivity index (χ4v) is 3.76. The average molecular weight is 448 g/mol. The maximum absolute atomic E-state index is 6.58. The van der Waals surface area contributed by atoms with Crippen LogP contribution in [0.5, 0.6) is 23.4 Å². The SMILES string of the molecule is CCc1[nH]c2nc(Oc3cnc4ccoc4c3)nc(Oc3cnc4ccoc4c3)c2c1Cl. The van der Waals surface area contributed by atoms with Crippen LogP contribution in [0.4, 0.5) is 0 Å². The summed E-state index contributed by atoms with van der Waals surface area (Å²) in [6, 6.07) is 7.05. The molecule has 6 aromatic rings. The first-order valence-corrected chi connectivity index (χ1v) is 10.2. The van der Waals surface area contributed by atoms with Crippen LogP contribution in [0.3, 0.4) is 0 Å². The lowest BCUT2D eigenvalue weighted by Crippen LogP contribution is -1.97. The number of hydrogen-bond donors (Lipinski definition) is 1. The zero-order valence-corrected chi connectivity index (χ0v) is 17.4. The van der Waals surface area contributed by atoms with Gasteiger partial charge in [-0.15, -0.1) is 0 Å². The number of nitrogens with zero attached hydrogens (tertiary/aromatic N) is 4. The number of pyridine rings is 2. The molecule has 0 fully saturated rings. The number of halogens is 1. The minimum absolute atomic E-state index is 0.0628. The molecule has 0 saturated heterocycles. The van der Waals surface area contributed by atoms with E-state index in [1.807, 2.05) is 6.92 Å². The van der Waals surface area contributed by atoms with Crippen LogP contribution in [0, 0.1) is 0 Å². The molecule has 0 aliphatic heterocycles. The van der Waals surface area contributed by atoms with E-state index in [1.54, 1.807) is 49.2 Å². The summed E-state index contributed by atoms with van der Waals surface area (Å²) in [5, 5.41) is 1.05. The van der Waals surface area contributed by atoms with E-state index in [4.69, 9.17) is 29.9 Å². The molecule has 0 aliphatic rings. The Balaban J connectivity index is 1.44. The third-order valence-corrected chi connectivity index (χ3v) is 5.36. The van der Waals surface area contributed by atoms with Gasteiger partial charge in [0.2, 0.25) is 5.88 Å². The topological polar surface area (TPSA) is 112 Å². The van der Waals surface area contributed by atoms with Crippen molar-refractivity contribution in [2.75, 3.05) is 0 Å². The number of furan rings is 2. The Bertz CT molecular complexity index is 1600. The van der Waals surface area contributed by atoms with Gasteiger partial charge in [0.1, 0.15) is 22.1 Å². The number of aromatic amines is 1. The molecule has 0 amide bonds. The average Bonchev–Trinajstić information content (AvgIpc) is 3.51. The second-order valence-corrected chi connectivity index (χ2v) is 7.34. The third-order valence-electron chi connectivity index (χ3n) is 4.94. The van der Waals surface area contributed by atoms with E-state index in [2.05, 4.69) is 24.9 Å². The van der Waals surface area contributed by atoms with Crippen LogP contribution < -0.4 is 9.47 Å². The molecule has 0 saturated carbocycles. The zero-order valence-electron chi connectivity index (χ0n) is 16.6. The van der Waals surface area contributed by atoms with E-state index in [0.717, 1.165) is 16.7 Å². The maximum Gasteiger partial charge on any atom is 0.327 e. The second-order valence-electron chi connectivity index (χ2n) is 6.96. The lowest BCUT2D eigenvalue weighted by Gasteiger charge is -2.09. The van der Waals surface area contributed by atoms with Gasteiger partial charge in [0.15, 0.2) is 22.7 Å². The summed E-state index contributed by atoms with van der Waals surface area (Å²) in [5.41, 5.74) is 3.94. The van der Waals surface area contributed by atoms with E-state index in [1.165, 1.54) is 0 Å². The summed E-state index contributed by atoms with van der Waals surface area (Å²) >= 11 is 6.58. The number of hydrogen-bond acceptors (Lipinski definition) is 8. The highest BCUT2D eigenvalue weighted by molar-refractivity contribution is 6.36. The highest BCUT2D eigenvalue weighted by Crippen LogP contribution is 2.37. The summed E-state index contributed by atoms with van der Waals surface area (Å²) in [6.07, 6.45) is 6.97. The Labute approximate surface area is 185 Å². The maximum atomic E-state index is 6.58. The Hall–Kier alpha value is -4.11. The van der Waals surface area contributed by atoms with Crippen molar-refractivity contribution in [3.05, 3.63) is 59.9 Å². The smallest absolute Gasteiger partial charge is 0.327 e. The molecule has 6 rings (SSSR count). The second kappa shape index (κ2) is 7.24. The van der Waals surface area contributed by atoms with Gasteiger partial charge >= 0.3 is 6.01 Å². The summed E-state index contributed by atoms with van der Waals surface area (Å²) in [5.74, 6) is 1.09. The van der Waals surface area contributed by atoms with E-state index in [-0.39, 0.29) is 11.9 Å². The van der Waals surface area contributed by atoms with Gasteiger partial charge in [-0.05, 0) is 6.42 Å². The van der Waals surface area contributed by atoms with Gasteiger partial charge in [-0.25, -0.2) is 9.97 Å². The molecule has 0 atom stereocenters. The van der Waals surface area contributed by atoms with Crippen LogP contribution in [0.2, 0.25) is 5.02 Å². The van der Waals surface area contributed by atoms with Crippen molar-refractivity contribution < 1.29 is 18.3 Å². The van der Waals surface area contributed by atoms with Crippen LogP contribution in [0.15, 0.2) is 58.0 Å². The Morgan fingerprint density at radius 2 is 1.59 bits per heavy atom. The van der Waals surface area contributed by atoms with Gasteiger partial charge in [0.05, 0.1) is 29.9 Å². The molecule has 0 aromatic carbocycles. The quantitative estimate of drug-likeness (QED) is 0.340. The fourth-order valence-electron chi connectivity index (χ4n) is 3.41. The number of rotatable bonds is 5. The van der Waals surface area contributed by atoms with Crippen LogP contribution >= 0.6 is 11.6 Å². The van der Waals surface area contributed by atoms with Gasteiger partial charge in [0, 0.05) is 30.0 Å². The summed E-state index contributed by atoms with van der Waals surface area (Å²) in [4.78, 5) is 20.7. The Morgan fingerprint density at radius 3 is 2.25 bits per heavy atom. The van der Waals surface area contributed by atoms with Gasteiger partial charge in [0.25, 0.3) is 0 Å². The largest absolute Gasteiger partial charge is 0.463 e. The first-order chi connectivity index (χ1) is 15.7. The van der Waals surface area contributed by atoms with E-state index >= 15 is 0 Å².